The molecule has 0 unspecified atom stereocenters. The molecule has 1 saturated heterocycles. The Kier molecular flexibility index (Phi) is 5.80. The van der Waals surface area contributed by atoms with Crippen LogP contribution in [0.15, 0.2) is 12.1 Å². The van der Waals surface area contributed by atoms with E-state index in [1.54, 1.807) is 0 Å². The summed E-state index contributed by atoms with van der Waals surface area (Å²) in [5.74, 6) is -1.29. The fourth-order valence-electron chi connectivity index (χ4n) is 2.75. The molecular formula is C14H15ClF6N2. The highest BCUT2D eigenvalue weighted by Crippen LogP contribution is 2.41. The van der Waals surface area contributed by atoms with E-state index >= 15 is 0 Å². The lowest BCUT2D eigenvalue weighted by molar-refractivity contribution is -0.139. The van der Waals surface area contributed by atoms with Gasteiger partial charge in [0.2, 0.25) is 6.43 Å². The van der Waals surface area contributed by atoms with Gasteiger partial charge in [-0.3, -0.25) is 4.90 Å². The zero-order valence-corrected chi connectivity index (χ0v) is 12.7. The summed E-state index contributed by atoms with van der Waals surface area (Å²) in [6, 6.07) is 0.0503. The molecular weight excluding hydrogens is 346 g/mol. The molecule has 1 aliphatic rings. The third-order valence-corrected chi connectivity index (χ3v) is 4.06. The molecule has 0 bridgehead atoms. The Bertz CT molecular complexity index is 543. The lowest BCUT2D eigenvalue weighted by Gasteiger charge is -2.36. The van der Waals surface area contributed by atoms with E-state index in [2.05, 4.69) is 5.32 Å². The van der Waals surface area contributed by atoms with Crippen LogP contribution in [0, 0.1) is 5.82 Å². The third-order valence-electron chi connectivity index (χ3n) is 3.77. The maximum Gasteiger partial charge on any atom is 0.416 e. The molecule has 9 heteroatoms. The van der Waals surface area contributed by atoms with Gasteiger partial charge in [0.15, 0.2) is 0 Å². The largest absolute Gasteiger partial charge is 0.416 e. The van der Waals surface area contributed by atoms with Gasteiger partial charge in [-0.05, 0) is 12.1 Å². The van der Waals surface area contributed by atoms with Gasteiger partial charge < -0.3 is 5.32 Å². The summed E-state index contributed by atoms with van der Waals surface area (Å²) in [5, 5.41) is 2.46. The van der Waals surface area contributed by atoms with E-state index in [1.807, 2.05) is 0 Å². The van der Waals surface area contributed by atoms with E-state index in [0.717, 1.165) is 6.07 Å². The molecule has 130 valence electrons. The van der Waals surface area contributed by atoms with E-state index in [-0.39, 0.29) is 13.1 Å². The molecule has 1 aliphatic heterocycles. The highest BCUT2D eigenvalue weighted by atomic mass is 35.5. The standard InChI is InChI=1S/C14H15ClF6N2/c15-9-2-1-8(14(19,20)21)12(13(9)18)10(7-11(16)17)23-5-3-22-4-6-23/h1-2,10-11,22H,3-7H2/t10-/m0/s1. The number of nitrogens with zero attached hydrogens (tertiary/aromatic N) is 1. The van der Waals surface area contributed by atoms with Gasteiger partial charge in [0.1, 0.15) is 5.82 Å². The van der Waals surface area contributed by atoms with Crippen molar-refractivity contribution in [1.29, 1.82) is 0 Å². The van der Waals surface area contributed by atoms with Crippen molar-refractivity contribution in [2.75, 3.05) is 26.2 Å². The van der Waals surface area contributed by atoms with Crippen LogP contribution in [-0.4, -0.2) is 37.5 Å². The van der Waals surface area contributed by atoms with Crippen molar-refractivity contribution in [2.45, 2.75) is 25.1 Å². The van der Waals surface area contributed by atoms with Crippen LogP contribution >= 0.6 is 11.6 Å². The number of hydrogen-bond donors (Lipinski definition) is 1. The van der Waals surface area contributed by atoms with Crippen molar-refractivity contribution in [2.24, 2.45) is 0 Å². The molecule has 1 fully saturated rings. The SMILES string of the molecule is Fc1c(Cl)ccc(C(F)(F)F)c1[C@H](CC(F)F)N1CCNCC1. The van der Waals surface area contributed by atoms with Gasteiger partial charge in [-0.2, -0.15) is 13.2 Å². The van der Waals surface area contributed by atoms with Crippen LogP contribution in [-0.2, 0) is 6.18 Å². The minimum absolute atomic E-state index is 0.251. The molecule has 0 aliphatic carbocycles. The monoisotopic (exact) mass is 360 g/mol. The zero-order chi connectivity index (χ0) is 17.2. The molecule has 1 aromatic carbocycles. The lowest BCUT2D eigenvalue weighted by atomic mass is 9.95. The van der Waals surface area contributed by atoms with Crippen molar-refractivity contribution in [3.05, 3.63) is 34.1 Å². The number of hydrogen-bond acceptors (Lipinski definition) is 2. The minimum Gasteiger partial charge on any atom is -0.314 e. The van der Waals surface area contributed by atoms with Gasteiger partial charge >= 0.3 is 6.18 Å². The van der Waals surface area contributed by atoms with E-state index in [4.69, 9.17) is 11.6 Å². The summed E-state index contributed by atoms with van der Waals surface area (Å²) in [5.41, 5.74) is -2.06. The maximum absolute atomic E-state index is 14.3. The molecule has 0 amide bonds. The molecule has 23 heavy (non-hydrogen) atoms. The fraction of sp³-hybridized carbons (Fsp3) is 0.571. The lowest BCUT2D eigenvalue weighted by Crippen LogP contribution is -2.46. The van der Waals surface area contributed by atoms with Crippen LogP contribution in [0.5, 0.6) is 0 Å². The van der Waals surface area contributed by atoms with Gasteiger partial charge in [0.25, 0.3) is 0 Å². The molecule has 0 radical (unpaired) electrons. The van der Waals surface area contributed by atoms with E-state index in [1.165, 1.54) is 4.90 Å². The molecule has 0 saturated carbocycles. The first-order valence-electron chi connectivity index (χ1n) is 6.99. The number of nitrogens with one attached hydrogen (secondary N) is 1. The Morgan fingerprint density at radius 3 is 2.30 bits per heavy atom. The predicted octanol–water partition coefficient (Wildman–Crippen LogP) is 4.10. The first kappa shape index (κ1) is 18.4. The molecule has 1 aromatic rings. The molecule has 2 nitrogen and oxygen atoms in total. The quantitative estimate of drug-likeness (QED) is 0.813. The number of benzene rings is 1. The highest BCUT2D eigenvalue weighted by molar-refractivity contribution is 6.30. The zero-order valence-electron chi connectivity index (χ0n) is 11.9. The van der Waals surface area contributed by atoms with Crippen molar-refractivity contribution >= 4 is 11.6 Å². The van der Waals surface area contributed by atoms with Gasteiger partial charge in [-0.1, -0.05) is 11.6 Å². The summed E-state index contributed by atoms with van der Waals surface area (Å²) in [7, 11) is 0. The van der Waals surface area contributed by atoms with Crippen LogP contribution in [0.2, 0.25) is 5.02 Å². The van der Waals surface area contributed by atoms with E-state index < -0.39 is 47.0 Å². The smallest absolute Gasteiger partial charge is 0.314 e. The summed E-state index contributed by atoms with van der Waals surface area (Å²) in [6.07, 6.45) is -8.61. The fourth-order valence-corrected chi connectivity index (χ4v) is 2.92. The molecule has 1 atom stereocenters. The van der Waals surface area contributed by atoms with E-state index in [0.29, 0.717) is 19.2 Å². The summed E-state index contributed by atoms with van der Waals surface area (Å²) in [6.45, 7) is 1.37. The number of rotatable bonds is 4. The van der Waals surface area contributed by atoms with Gasteiger partial charge in [-0.15, -0.1) is 0 Å². The summed E-state index contributed by atoms with van der Waals surface area (Å²) >= 11 is 5.59. The second kappa shape index (κ2) is 7.27. The Hall–Kier alpha value is -0.990. The highest BCUT2D eigenvalue weighted by Gasteiger charge is 2.40. The van der Waals surface area contributed by atoms with Crippen LogP contribution in [0.4, 0.5) is 26.3 Å². The second-order valence-electron chi connectivity index (χ2n) is 5.25. The topological polar surface area (TPSA) is 15.3 Å². The number of piperazine rings is 1. The first-order chi connectivity index (χ1) is 10.7. The molecule has 1 N–H and O–H groups in total. The molecule has 0 spiro atoms. The Morgan fingerprint density at radius 1 is 1.17 bits per heavy atom. The Labute approximate surface area is 134 Å². The van der Waals surface area contributed by atoms with Crippen LogP contribution in [0.3, 0.4) is 0 Å². The Balaban J connectivity index is 2.54. The minimum atomic E-state index is -4.85. The average Bonchev–Trinajstić information content (AvgIpc) is 2.47. The molecule has 0 aromatic heterocycles. The van der Waals surface area contributed by atoms with Crippen molar-refractivity contribution < 1.29 is 26.3 Å². The first-order valence-corrected chi connectivity index (χ1v) is 7.37. The summed E-state index contributed by atoms with van der Waals surface area (Å²) < 4.78 is 79.7. The van der Waals surface area contributed by atoms with E-state index in [9.17, 15) is 26.3 Å². The van der Waals surface area contributed by atoms with Crippen LogP contribution in [0.1, 0.15) is 23.6 Å². The normalized spacial score (nSPS) is 18.4. The van der Waals surface area contributed by atoms with Crippen molar-refractivity contribution in [3.8, 4) is 0 Å². The van der Waals surface area contributed by atoms with Gasteiger partial charge in [0.05, 0.1) is 10.6 Å². The molecule has 1 heterocycles. The van der Waals surface area contributed by atoms with Crippen LogP contribution in [0.25, 0.3) is 0 Å². The van der Waals surface area contributed by atoms with Crippen molar-refractivity contribution in [1.82, 2.24) is 10.2 Å². The van der Waals surface area contributed by atoms with Gasteiger partial charge in [-0.25, -0.2) is 13.2 Å². The van der Waals surface area contributed by atoms with Crippen LogP contribution < -0.4 is 5.32 Å². The van der Waals surface area contributed by atoms with Gasteiger partial charge in [0, 0.05) is 44.2 Å². The number of halogens is 7. The summed E-state index contributed by atoms with van der Waals surface area (Å²) in [4.78, 5) is 1.44. The third kappa shape index (κ3) is 4.30. The Morgan fingerprint density at radius 2 is 1.78 bits per heavy atom. The average molecular weight is 361 g/mol. The second-order valence-corrected chi connectivity index (χ2v) is 5.66. The predicted molar refractivity (Wildman–Crippen MR) is 74.2 cm³/mol. The number of alkyl halides is 5. The maximum atomic E-state index is 14.3. The van der Waals surface area contributed by atoms with Crippen molar-refractivity contribution in [3.63, 3.8) is 0 Å². The molecule has 2 rings (SSSR count).